The molecule has 28 heavy (non-hydrogen) atoms. The first kappa shape index (κ1) is 19.7. The molecule has 2 aromatic carbocycles. The standard InChI is InChI=1S/C21H21F2N2O3/c1-15-24(2)11-12-25(15)13-14-28-20(26)21(27,16-3-7-18(22)8-4-16)17-5-9-19(23)10-6-17/h3-12,27H,13-14H2,1-2H3/q+1. The third-order valence-corrected chi connectivity index (χ3v) is 4.78. The van der Waals surface area contributed by atoms with Crippen LogP contribution in [0.4, 0.5) is 8.78 Å². The fourth-order valence-electron chi connectivity index (χ4n) is 2.96. The number of hydrogen-bond donors (Lipinski definition) is 1. The largest absolute Gasteiger partial charge is 0.459 e. The summed E-state index contributed by atoms with van der Waals surface area (Å²) in [5.74, 6) is -0.952. The van der Waals surface area contributed by atoms with E-state index in [-0.39, 0.29) is 17.7 Å². The number of ether oxygens (including phenoxy) is 1. The van der Waals surface area contributed by atoms with Gasteiger partial charge in [0, 0.05) is 6.92 Å². The van der Waals surface area contributed by atoms with Crippen LogP contribution in [0.15, 0.2) is 60.9 Å². The maximum Gasteiger partial charge on any atom is 0.347 e. The number of halogens is 2. The molecule has 1 aromatic heterocycles. The number of aromatic nitrogens is 2. The topological polar surface area (TPSA) is 55.3 Å². The van der Waals surface area contributed by atoms with E-state index in [2.05, 4.69) is 0 Å². The third-order valence-electron chi connectivity index (χ3n) is 4.78. The Bertz CT molecular complexity index is 921. The first-order valence-electron chi connectivity index (χ1n) is 8.75. The van der Waals surface area contributed by atoms with Crippen LogP contribution in [0.3, 0.4) is 0 Å². The number of hydrogen-bond acceptors (Lipinski definition) is 3. The van der Waals surface area contributed by atoms with Gasteiger partial charge >= 0.3 is 5.97 Å². The lowest BCUT2D eigenvalue weighted by Gasteiger charge is -2.27. The summed E-state index contributed by atoms with van der Waals surface area (Å²) in [4.78, 5) is 12.8. The van der Waals surface area contributed by atoms with Crippen LogP contribution in [0, 0.1) is 18.6 Å². The van der Waals surface area contributed by atoms with Crippen molar-refractivity contribution in [3.8, 4) is 0 Å². The number of esters is 1. The lowest BCUT2D eigenvalue weighted by atomic mass is 9.86. The highest BCUT2D eigenvalue weighted by atomic mass is 19.1. The summed E-state index contributed by atoms with van der Waals surface area (Å²) >= 11 is 0. The van der Waals surface area contributed by atoms with Crippen molar-refractivity contribution in [2.75, 3.05) is 6.61 Å². The Morgan fingerprint density at radius 3 is 2.00 bits per heavy atom. The SMILES string of the molecule is Cc1n(CCOC(=O)C(O)(c2ccc(F)cc2)c2ccc(F)cc2)cc[n+]1C. The van der Waals surface area contributed by atoms with Gasteiger partial charge in [-0.3, -0.25) is 0 Å². The van der Waals surface area contributed by atoms with Crippen molar-refractivity contribution in [3.63, 3.8) is 0 Å². The number of aryl methyl sites for hydroxylation is 1. The van der Waals surface area contributed by atoms with Crippen molar-refractivity contribution in [1.82, 2.24) is 4.57 Å². The molecule has 0 saturated heterocycles. The molecule has 0 atom stereocenters. The van der Waals surface area contributed by atoms with Gasteiger partial charge < -0.3 is 9.84 Å². The highest BCUT2D eigenvalue weighted by Crippen LogP contribution is 2.31. The maximum atomic E-state index is 13.3. The molecule has 0 aliphatic heterocycles. The average Bonchev–Trinajstić information content (AvgIpc) is 3.00. The van der Waals surface area contributed by atoms with E-state index >= 15 is 0 Å². The molecule has 3 aromatic rings. The van der Waals surface area contributed by atoms with Crippen molar-refractivity contribution in [1.29, 1.82) is 0 Å². The van der Waals surface area contributed by atoms with Crippen molar-refractivity contribution in [2.45, 2.75) is 19.1 Å². The summed E-state index contributed by atoms with van der Waals surface area (Å²) < 4.78 is 35.8. The van der Waals surface area contributed by atoms with Gasteiger partial charge in [-0.2, -0.15) is 0 Å². The number of imidazole rings is 1. The lowest BCUT2D eigenvalue weighted by Crippen LogP contribution is -2.39. The lowest BCUT2D eigenvalue weighted by molar-refractivity contribution is -0.677. The molecule has 0 bridgehead atoms. The zero-order chi connectivity index (χ0) is 20.3. The molecular weight excluding hydrogens is 366 g/mol. The van der Waals surface area contributed by atoms with Crippen LogP contribution in [-0.2, 0) is 28.7 Å². The molecule has 146 valence electrons. The number of aliphatic hydroxyl groups is 1. The van der Waals surface area contributed by atoms with E-state index < -0.39 is 23.2 Å². The van der Waals surface area contributed by atoms with Gasteiger partial charge in [0.15, 0.2) is 0 Å². The third kappa shape index (κ3) is 3.80. The van der Waals surface area contributed by atoms with Gasteiger partial charge in [0.1, 0.15) is 37.2 Å². The molecule has 0 unspecified atom stereocenters. The molecule has 0 fully saturated rings. The predicted octanol–water partition coefficient (Wildman–Crippen LogP) is 2.38. The van der Waals surface area contributed by atoms with Gasteiger partial charge in [-0.05, 0) is 35.4 Å². The Balaban J connectivity index is 1.85. The first-order valence-corrected chi connectivity index (χ1v) is 8.75. The smallest absolute Gasteiger partial charge is 0.347 e. The van der Waals surface area contributed by atoms with Crippen molar-refractivity contribution in [3.05, 3.63) is 89.5 Å². The molecule has 0 aliphatic rings. The molecule has 5 nitrogen and oxygen atoms in total. The maximum absolute atomic E-state index is 13.3. The Morgan fingerprint density at radius 1 is 1.07 bits per heavy atom. The summed E-state index contributed by atoms with van der Waals surface area (Å²) in [7, 11) is 1.90. The number of carbonyl (C=O) groups excluding carboxylic acids is 1. The summed E-state index contributed by atoms with van der Waals surface area (Å²) in [5.41, 5.74) is -1.92. The molecule has 0 spiro atoms. The minimum atomic E-state index is -2.18. The van der Waals surface area contributed by atoms with Crippen LogP contribution in [0.25, 0.3) is 0 Å². The fourth-order valence-corrected chi connectivity index (χ4v) is 2.96. The van der Waals surface area contributed by atoms with Crippen LogP contribution in [0.2, 0.25) is 0 Å². The van der Waals surface area contributed by atoms with E-state index in [1.165, 1.54) is 24.3 Å². The Morgan fingerprint density at radius 2 is 1.57 bits per heavy atom. The van der Waals surface area contributed by atoms with Crippen LogP contribution in [0.5, 0.6) is 0 Å². The minimum absolute atomic E-state index is 0.0268. The second-order valence-corrected chi connectivity index (χ2v) is 6.51. The van der Waals surface area contributed by atoms with E-state index in [9.17, 15) is 18.7 Å². The first-order chi connectivity index (χ1) is 13.3. The second kappa shape index (κ2) is 7.90. The fraction of sp³-hybridized carbons (Fsp3) is 0.238. The molecule has 7 heteroatoms. The zero-order valence-corrected chi connectivity index (χ0v) is 15.6. The van der Waals surface area contributed by atoms with Gasteiger partial charge in [-0.25, -0.2) is 22.7 Å². The van der Waals surface area contributed by atoms with Gasteiger partial charge in [-0.1, -0.05) is 24.3 Å². The number of benzene rings is 2. The summed E-state index contributed by atoms with van der Waals surface area (Å²) in [6.45, 7) is 2.36. The molecular formula is C21H21F2N2O3+. The number of rotatable bonds is 6. The van der Waals surface area contributed by atoms with Crippen molar-refractivity contribution < 1.29 is 28.0 Å². The summed E-state index contributed by atoms with van der Waals surface area (Å²) in [6, 6.07) is 9.76. The van der Waals surface area contributed by atoms with Crippen LogP contribution in [-0.4, -0.2) is 22.2 Å². The summed E-state index contributed by atoms with van der Waals surface area (Å²) in [6.07, 6.45) is 3.74. The quantitative estimate of drug-likeness (QED) is 0.522. The molecule has 1 heterocycles. The molecule has 0 amide bonds. The Kier molecular flexibility index (Phi) is 5.56. The van der Waals surface area contributed by atoms with Crippen molar-refractivity contribution in [2.24, 2.45) is 7.05 Å². The molecule has 3 rings (SSSR count). The van der Waals surface area contributed by atoms with Gasteiger partial charge in [0.25, 0.3) is 5.82 Å². The zero-order valence-electron chi connectivity index (χ0n) is 15.6. The Hall–Kier alpha value is -3.06. The predicted molar refractivity (Wildman–Crippen MR) is 97.1 cm³/mol. The van der Waals surface area contributed by atoms with Gasteiger partial charge in [-0.15, -0.1) is 0 Å². The number of nitrogens with zero attached hydrogens (tertiary/aromatic N) is 2. The van der Waals surface area contributed by atoms with Gasteiger partial charge in [0.05, 0.1) is 7.05 Å². The molecule has 0 radical (unpaired) electrons. The highest BCUT2D eigenvalue weighted by molar-refractivity contribution is 5.85. The van der Waals surface area contributed by atoms with E-state index in [0.717, 1.165) is 30.1 Å². The molecule has 1 N–H and O–H groups in total. The summed E-state index contributed by atoms with van der Waals surface area (Å²) in [5, 5.41) is 11.2. The van der Waals surface area contributed by atoms with Gasteiger partial charge in [0.2, 0.25) is 5.60 Å². The van der Waals surface area contributed by atoms with E-state index in [4.69, 9.17) is 4.74 Å². The van der Waals surface area contributed by atoms with Crippen LogP contribution < -0.4 is 4.57 Å². The molecule has 0 saturated carbocycles. The highest BCUT2D eigenvalue weighted by Gasteiger charge is 2.42. The normalized spacial score (nSPS) is 11.5. The van der Waals surface area contributed by atoms with E-state index in [1.807, 2.05) is 35.5 Å². The van der Waals surface area contributed by atoms with E-state index in [1.54, 1.807) is 0 Å². The van der Waals surface area contributed by atoms with Crippen LogP contribution in [0.1, 0.15) is 17.0 Å². The minimum Gasteiger partial charge on any atom is -0.459 e. The Labute approximate surface area is 161 Å². The van der Waals surface area contributed by atoms with Crippen LogP contribution >= 0.6 is 0 Å². The monoisotopic (exact) mass is 387 g/mol. The number of carbonyl (C=O) groups is 1. The van der Waals surface area contributed by atoms with E-state index in [0.29, 0.717) is 6.54 Å². The average molecular weight is 387 g/mol. The van der Waals surface area contributed by atoms with Crippen molar-refractivity contribution >= 4 is 5.97 Å². The molecule has 0 aliphatic carbocycles. The second-order valence-electron chi connectivity index (χ2n) is 6.51.